The minimum Gasteiger partial charge on any atom is -0.306 e. The lowest BCUT2D eigenvalue weighted by atomic mass is 10.1. The van der Waals surface area contributed by atoms with Gasteiger partial charge in [-0.2, -0.15) is 0 Å². The van der Waals surface area contributed by atoms with Crippen LogP contribution in [0.5, 0.6) is 0 Å². The fraction of sp³-hybridized carbons (Fsp3) is 1.00. The zero-order chi connectivity index (χ0) is 14.3. The average Bonchev–Trinajstić information content (AvgIpc) is 2.40. The van der Waals surface area contributed by atoms with E-state index in [1.54, 1.807) is 0 Å². The van der Waals surface area contributed by atoms with Gasteiger partial charge >= 0.3 is 0 Å². The summed E-state index contributed by atoms with van der Waals surface area (Å²) in [6.45, 7) is 9.67. The van der Waals surface area contributed by atoms with E-state index in [0.717, 1.165) is 0 Å². The molecule has 0 spiro atoms. The molecule has 0 saturated heterocycles. The molecule has 116 valence electrons. The van der Waals surface area contributed by atoms with Crippen LogP contribution in [-0.4, -0.2) is 50.1 Å². The van der Waals surface area contributed by atoms with Gasteiger partial charge in [0.1, 0.15) is 0 Å². The maximum atomic E-state index is 2.50. The average molecular weight is 271 g/mol. The molecule has 0 amide bonds. The van der Waals surface area contributed by atoms with Crippen molar-refractivity contribution in [2.75, 3.05) is 40.3 Å². The Labute approximate surface area is 122 Å². The van der Waals surface area contributed by atoms with Gasteiger partial charge in [-0.3, -0.25) is 0 Å². The van der Waals surface area contributed by atoms with Gasteiger partial charge in [-0.05, 0) is 66.0 Å². The molecule has 2 nitrogen and oxygen atoms in total. The molecule has 0 aliphatic carbocycles. The van der Waals surface area contributed by atoms with Gasteiger partial charge in [0.05, 0.1) is 0 Å². The molecule has 0 aromatic heterocycles. The van der Waals surface area contributed by atoms with Gasteiger partial charge in [0.25, 0.3) is 0 Å². The normalized spacial score (nSPS) is 11.7. The summed E-state index contributed by atoms with van der Waals surface area (Å²) >= 11 is 0. The van der Waals surface area contributed by atoms with Crippen molar-refractivity contribution in [3.05, 3.63) is 0 Å². The Hall–Kier alpha value is -0.0800. The summed E-state index contributed by atoms with van der Waals surface area (Å²) in [6, 6.07) is 0. The Morgan fingerprint density at radius 3 is 1.26 bits per heavy atom. The van der Waals surface area contributed by atoms with Crippen molar-refractivity contribution in [3.63, 3.8) is 0 Å². The smallest absolute Gasteiger partial charge is 0.00218 e. The molecular formula is C17H38N2. The standard InChI is InChI=1S/C17H38N2/c1-5-7-11-15-19(4)17-13-10-9-12-16-18(3)14-8-6-2/h5-17H2,1-4H3. The Morgan fingerprint density at radius 2 is 0.842 bits per heavy atom. The summed E-state index contributed by atoms with van der Waals surface area (Å²) in [6.07, 6.45) is 12.3. The van der Waals surface area contributed by atoms with Gasteiger partial charge in [0.2, 0.25) is 0 Å². The summed E-state index contributed by atoms with van der Waals surface area (Å²) in [5.41, 5.74) is 0. The number of hydrogen-bond acceptors (Lipinski definition) is 2. The second kappa shape index (κ2) is 14.3. The Bertz CT molecular complexity index is 171. The lowest BCUT2D eigenvalue weighted by Gasteiger charge is -2.17. The highest BCUT2D eigenvalue weighted by Gasteiger charge is 1.99. The van der Waals surface area contributed by atoms with Crippen molar-refractivity contribution >= 4 is 0 Å². The minimum atomic E-state index is 1.27. The summed E-state index contributed by atoms with van der Waals surface area (Å²) in [4.78, 5) is 4.99. The molecule has 2 heteroatoms. The molecule has 19 heavy (non-hydrogen) atoms. The molecule has 0 heterocycles. The third kappa shape index (κ3) is 14.1. The van der Waals surface area contributed by atoms with Crippen molar-refractivity contribution in [2.45, 2.75) is 71.6 Å². The third-order valence-electron chi connectivity index (χ3n) is 3.87. The van der Waals surface area contributed by atoms with E-state index in [-0.39, 0.29) is 0 Å². The highest BCUT2D eigenvalue weighted by atomic mass is 15.1. The highest BCUT2D eigenvalue weighted by Crippen LogP contribution is 2.04. The van der Waals surface area contributed by atoms with Crippen molar-refractivity contribution in [3.8, 4) is 0 Å². The van der Waals surface area contributed by atoms with Crippen molar-refractivity contribution in [2.24, 2.45) is 0 Å². The molecule has 0 saturated carbocycles. The lowest BCUT2D eigenvalue weighted by Crippen LogP contribution is -2.21. The first-order valence-corrected chi connectivity index (χ1v) is 8.57. The first kappa shape index (κ1) is 18.9. The van der Waals surface area contributed by atoms with E-state index < -0.39 is 0 Å². The largest absolute Gasteiger partial charge is 0.306 e. The maximum absolute atomic E-state index is 2.50. The van der Waals surface area contributed by atoms with E-state index in [2.05, 4.69) is 37.7 Å². The van der Waals surface area contributed by atoms with Gasteiger partial charge in [-0.1, -0.05) is 46.0 Å². The molecule has 0 aliphatic heterocycles. The van der Waals surface area contributed by atoms with E-state index in [1.807, 2.05) is 0 Å². The van der Waals surface area contributed by atoms with Gasteiger partial charge in [0.15, 0.2) is 0 Å². The van der Waals surface area contributed by atoms with Crippen molar-refractivity contribution in [1.29, 1.82) is 0 Å². The fourth-order valence-electron chi connectivity index (χ4n) is 2.40. The molecule has 0 radical (unpaired) electrons. The second-order valence-electron chi connectivity index (χ2n) is 6.08. The van der Waals surface area contributed by atoms with Crippen LogP contribution in [0.3, 0.4) is 0 Å². The van der Waals surface area contributed by atoms with Crippen LogP contribution in [0, 0.1) is 0 Å². The van der Waals surface area contributed by atoms with Crippen LogP contribution in [0.1, 0.15) is 71.6 Å². The Morgan fingerprint density at radius 1 is 0.474 bits per heavy atom. The SMILES string of the molecule is CCCCCN(C)CCCCCCN(C)CCCC. The van der Waals surface area contributed by atoms with E-state index in [0.29, 0.717) is 0 Å². The minimum absolute atomic E-state index is 1.27. The first-order chi connectivity index (χ1) is 9.20. The summed E-state index contributed by atoms with van der Waals surface area (Å²) in [5, 5.41) is 0. The molecule has 0 aromatic rings. The number of rotatable bonds is 14. The Balaban J connectivity index is 3.21. The number of unbranched alkanes of at least 4 members (excludes halogenated alkanes) is 6. The van der Waals surface area contributed by atoms with Gasteiger partial charge in [0, 0.05) is 0 Å². The number of hydrogen-bond donors (Lipinski definition) is 0. The van der Waals surface area contributed by atoms with E-state index in [1.165, 1.54) is 84.0 Å². The monoisotopic (exact) mass is 270 g/mol. The molecule has 0 unspecified atom stereocenters. The van der Waals surface area contributed by atoms with Gasteiger partial charge in [-0.15, -0.1) is 0 Å². The quantitative estimate of drug-likeness (QED) is 0.432. The van der Waals surface area contributed by atoms with Gasteiger partial charge < -0.3 is 9.80 Å². The molecule has 0 N–H and O–H groups in total. The predicted molar refractivity (Wildman–Crippen MR) is 87.9 cm³/mol. The van der Waals surface area contributed by atoms with Crippen LogP contribution in [0.2, 0.25) is 0 Å². The zero-order valence-electron chi connectivity index (χ0n) is 14.1. The molecule has 0 bridgehead atoms. The lowest BCUT2D eigenvalue weighted by molar-refractivity contribution is 0.303. The topological polar surface area (TPSA) is 6.48 Å². The van der Waals surface area contributed by atoms with Crippen LogP contribution < -0.4 is 0 Å². The predicted octanol–water partition coefficient (Wildman–Crippen LogP) is 4.40. The summed E-state index contributed by atoms with van der Waals surface area (Å²) in [7, 11) is 4.53. The molecule has 0 rings (SSSR count). The van der Waals surface area contributed by atoms with Crippen molar-refractivity contribution in [1.82, 2.24) is 9.80 Å². The van der Waals surface area contributed by atoms with Crippen LogP contribution in [0.4, 0.5) is 0 Å². The molecule has 0 fully saturated rings. The third-order valence-corrected chi connectivity index (χ3v) is 3.87. The number of nitrogens with zero attached hydrogens (tertiary/aromatic N) is 2. The summed E-state index contributed by atoms with van der Waals surface area (Å²) < 4.78 is 0. The van der Waals surface area contributed by atoms with Crippen LogP contribution >= 0.6 is 0 Å². The van der Waals surface area contributed by atoms with Crippen molar-refractivity contribution < 1.29 is 0 Å². The molecular weight excluding hydrogens is 232 g/mol. The molecule has 0 aromatic carbocycles. The Kier molecular flexibility index (Phi) is 14.3. The molecule has 0 atom stereocenters. The summed E-state index contributed by atoms with van der Waals surface area (Å²) in [5.74, 6) is 0. The maximum Gasteiger partial charge on any atom is -0.00218 e. The van der Waals surface area contributed by atoms with E-state index in [4.69, 9.17) is 0 Å². The van der Waals surface area contributed by atoms with Crippen LogP contribution in [0.25, 0.3) is 0 Å². The fourth-order valence-corrected chi connectivity index (χ4v) is 2.40. The molecule has 0 aliphatic rings. The second-order valence-corrected chi connectivity index (χ2v) is 6.08. The van der Waals surface area contributed by atoms with Crippen LogP contribution in [0.15, 0.2) is 0 Å². The van der Waals surface area contributed by atoms with E-state index in [9.17, 15) is 0 Å². The van der Waals surface area contributed by atoms with E-state index >= 15 is 0 Å². The van der Waals surface area contributed by atoms with Crippen LogP contribution in [-0.2, 0) is 0 Å². The highest BCUT2D eigenvalue weighted by molar-refractivity contribution is 4.55. The first-order valence-electron chi connectivity index (χ1n) is 8.57. The van der Waals surface area contributed by atoms with Gasteiger partial charge in [-0.25, -0.2) is 0 Å². The zero-order valence-corrected chi connectivity index (χ0v) is 14.1.